The average Bonchev–Trinajstić information content (AvgIpc) is 2.76. The summed E-state index contributed by atoms with van der Waals surface area (Å²) < 4.78 is 5.85. The first-order chi connectivity index (χ1) is 8.33. The van der Waals surface area contributed by atoms with Crippen LogP contribution in [0.2, 0.25) is 0 Å². The van der Waals surface area contributed by atoms with Crippen molar-refractivity contribution in [2.45, 2.75) is 38.5 Å². The van der Waals surface area contributed by atoms with E-state index in [9.17, 15) is 10.1 Å². The van der Waals surface area contributed by atoms with Gasteiger partial charge in [0.2, 0.25) is 0 Å². The van der Waals surface area contributed by atoms with E-state index in [1.54, 1.807) is 20.8 Å². The normalized spacial score (nSPS) is 30.3. The Bertz CT molecular complexity index is 438. The van der Waals surface area contributed by atoms with Crippen molar-refractivity contribution >= 4 is 26.6 Å². The molecule has 98 valence electrons. The van der Waals surface area contributed by atoms with Gasteiger partial charge in [-0.15, -0.1) is 0 Å². The van der Waals surface area contributed by atoms with Crippen molar-refractivity contribution in [2.24, 2.45) is 11.1 Å². The summed E-state index contributed by atoms with van der Waals surface area (Å²) in [5.74, 6) is -0.220. The fraction of sp³-hybridized carbons (Fsp3) is 0.727. The zero-order chi connectivity index (χ0) is 13.5. The van der Waals surface area contributed by atoms with Gasteiger partial charge < -0.3 is 9.57 Å². The number of oxime groups is 1. The number of hydrogen-bond donors (Lipinski definition) is 0. The number of fused-ring (bicyclic) bond motifs is 1. The fourth-order valence-electron chi connectivity index (χ4n) is 2.04. The lowest BCUT2D eigenvalue weighted by Gasteiger charge is -2.26. The quantitative estimate of drug-likeness (QED) is 0.683. The van der Waals surface area contributed by atoms with Crippen LogP contribution in [-0.4, -0.2) is 39.9 Å². The van der Waals surface area contributed by atoms with Gasteiger partial charge in [-0.25, -0.2) is 4.79 Å². The standard InChI is InChI=1S/C11H14BrN3O3/c1-11(2,3)17-10(16)15-5-7-8(6(15)4-13)9(12)14-18-7/h6-8H,5H2,1-3H3/t6?,7-,8+/m1/s1. The fourth-order valence-corrected chi connectivity index (χ4v) is 2.67. The minimum atomic E-state index is -0.606. The summed E-state index contributed by atoms with van der Waals surface area (Å²) in [5, 5.41) is 13.0. The van der Waals surface area contributed by atoms with E-state index in [2.05, 4.69) is 27.2 Å². The maximum atomic E-state index is 12.0. The number of carbonyl (C=O) groups is 1. The molecule has 3 atom stereocenters. The van der Waals surface area contributed by atoms with Crippen LogP contribution in [0.5, 0.6) is 0 Å². The number of hydrogen-bond acceptors (Lipinski definition) is 5. The smallest absolute Gasteiger partial charge is 0.411 e. The Morgan fingerprint density at radius 3 is 2.89 bits per heavy atom. The molecule has 0 spiro atoms. The van der Waals surface area contributed by atoms with Gasteiger partial charge in [0.25, 0.3) is 0 Å². The van der Waals surface area contributed by atoms with Gasteiger partial charge in [0.15, 0.2) is 6.10 Å². The number of carbonyl (C=O) groups excluding carboxylic acids is 1. The lowest BCUT2D eigenvalue weighted by molar-refractivity contribution is 0.0202. The van der Waals surface area contributed by atoms with Crippen molar-refractivity contribution in [1.29, 1.82) is 5.26 Å². The zero-order valence-corrected chi connectivity index (χ0v) is 12.0. The Morgan fingerprint density at radius 1 is 1.67 bits per heavy atom. The number of halogens is 1. The minimum Gasteiger partial charge on any atom is -0.444 e. The molecule has 7 heteroatoms. The third-order valence-electron chi connectivity index (χ3n) is 2.76. The zero-order valence-electron chi connectivity index (χ0n) is 10.4. The number of nitrogens with zero attached hydrogens (tertiary/aromatic N) is 3. The highest BCUT2D eigenvalue weighted by Crippen LogP contribution is 2.35. The van der Waals surface area contributed by atoms with E-state index in [4.69, 9.17) is 9.57 Å². The molecule has 0 aliphatic carbocycles. The maximum absolute atomic E-state index is 12.0. The van der Waals surface area contributed by atoms with Crippen LogP contribution >= 0.6 is 15.9 Å². The monoisotopic (exact) mass is 315 g/mol. The van der Waals surface area contributed by atoms with Crippen molar-refractivity contribution in [1.82, 2.24) is 4.90 Å². The Morgan fingerprint density at radius 2 is 2.33 bits per heavy atom. The van der Waals surface area contributed by atoms with Crippen LogP contribution in [0.4, 0.5) is 4.79 Å². The number of nitriles is 1. The first-order valence-electron chi connectivity index (χ1n) is 5.62. The molecule has 2 heterocycles. The van der Waals surface area contributed by atoms with Gasteiger partial charge in [0, 0.05) is 0 Å². The first kappa shape index (κ1) is 13.1. The summed E-state index contributed by atoms with van der Waals surface area (Å²) in [6.07, 6.45) is -0.760. The lowest BCUT2D eigenvalue weighted by atomic mass is 10.0. The SMILES string of the molecule is CC(C)(C)OC(=O)N1C[C@H]2ON=C(Br)[C@H]2C1C#N. The second-order valence-corrected chi connectivity index (χ2v) is 6.10. The van der Waals surface area contributed by atoms with Crippen LogP contribution in [0.3, 0.4) is 0 Å². The summed E-state index contributed by atoms with van der Waals surface area (Å²) in [6.45, 7) is 5.68. The second-order valence-electron chi connectivity index (χ2n) is 5.29. The van der Waals surface area contributed by atoms with Gasteiger partial charge in [0.05, 0.1) is 18.5 Å². The number of amides is 1. The van der Waals surface area contributed by atoms with Gasteiger partial charge in [-0.1, -0.05) is 5.16 Å². The molecule has 1 fully saturated rings. The average molecular weight is 316 g/mol. The molecule has 0 bridgehead atoms. The Balaban J connectivity index is 2.14. The number of likely N-dealkylation sites (tertiary alicyclic amines) is 1. The van der Waals surface area contributed by atoms with Crippen molar-refractivity contribution in [3.8, 4) is 6.07 Å². The van der Waals surface area contributed by atoms with Crippen LogP contribution in [0.25, 0.3) is 0 Å². The predicted molar refractivity (Wildman–Crippen MR) is 67.1 cm³/mol. The number of rotatable bonds is 0. The Labute approximate surface area is 114 Å². The van der Waals surface area contributed by atoms with Crippen LogP contribution in [-0.2, 0) is 9.57 Å². The third-order valence-corrected chi connectivity index (χ3v) is 3.44. The predicted octanol–water partition coefficient (Wildman–Crippen LogP) is 1.85. The van der Waals surface area contributed by atoms with Gasteiger partial charge in [-0.3, -0.25) is 4.90 Å². The Kier molecular flexibility index (Phi) is 3.23. The molecule has 1 unspecified atom stereocenters. The second kappa shape index (κ2) is 4.43. The molecule has 1 saturated heterocycles. The molecule has 0 aromatic carbocycles. The van der Waals surface area contributed by atoms with E-state index >= 15 is 0 Å². The van der Waals surface area contributed by atoms with E-state index in [0.717, 1.165) is 0 Å². The highest BCUT2D eigenvalue weighted by atomic mass is 79.9. The molecule has 2 aliphatic heterocycles. The van der Waals surface area contributed by atoms with Gasteiger partial charge in [-0.05, 0) is 36.7 Å². The molecule has 1 amide bonds. The molecule has 2 aliphatic rings. The van der Waals surface area contributed by atoms with Crippen LogP contribution in [0.15, 0.2) is 5.16 Å². The minimum absolute atomic E-state index is 0.220. The summed E-state index contributed by atoms with van der Waals surface area (Å²) in [4.78, 5) is 18.6. The molecule has 0 aromatic heterocycles. The molecular formula is C11H14BrN3O3. The molecule has 2 rings (SSSR count). The molecular weight excluding hydrogens is 302 g/mol. The van der Waals surface area contributed by atoms with Crippen LogP contribution in [0, 0.1) is 17.2 Å². The molecule has 0 radical (unpaired) electrons. The Hall–Kier alpha value is -1.29. The highest BCUT2D eigenvalue weighted by Gasteiger charge is 2.52. The van der Waals surface area contributed by atoms with E-state index in [1.807, 2.05) is 0 Å². The van der Waals surface area contributed by atoms with Crippen molar-refractivity contribution in [3.63, 3.8) is 0 Å². The molecule has 6 nitrogen and oxygen atoms in total. The van der Waals surface area contributed by atoms with Crippen LogP contribution < -0.4 is 0 Å². The summed E-state index contributed by atoms with van der Waals surface area (Å²) in [7, 11) is 0. The van der Waals surface area contributed by atoms with Crippen LogP contribution in [0.1, 0.15) is 20.8 Å². The van der Waals surface area contributed by atoms with Gasteiger partial charge >= 0.3 is 6.09 Å². The lowest BCUT2D eigenvalue weighted by Crippen LogP contribution is -2.41. The van der Waals surface area contributed by atoms with Crippen molar-refractivity contribution in [3.05, 3.63) is 0 Å². The third kappa shape index (κ3) is 2.29. The van der Waals surface area contributed by atoms with E-state index in [0.29, 0.717) is 11.2 Å². The van der Waals surface area contributed by atoms with Gasteiger partial charge in [0.1, 0.15) is 16.3 Å². The summed E-state index contributed by atoms with van der Waals surface area (Å²) in [6, 6.07) is 1.51. The topological polar surface area (TPSA) is 74.9 Å². The maximum Gasteiger partial charge on any atom is 0.411 e. The van der Waals surface area contributed by atoms with Crippen molar-refractivity contribution < 1.29 is 14.4 Å². The largest absolute Gasteiger partial charge is 0.444 e. The molecule has 0 saturated carbocycles. The summed E-state index contributed by atoms with van der Waals surface area (Å²) in [5.41, 5.74) is -0.582. The van der Waals surface area contributed by atoms with Gasteiger partial charge in [-0.2, -0.15) is 5.26 Å². The summed E-state index contributed by atoms with van der Waals surface area (Å²) >= 11 is 3.26. The number of ether oxygens (including phenoxy) is 1. The van der Waals surface area contributed by atoms with E-state index < -0.39 is 17.7 Å². The first-order valence-corrected chi connectivity index (χ1v) is 6.41. The highest BCUT2D eigenvalue weighted by molar-refractivity contribution is 9.18. The van der Waals surface area contributed by atoms with E-state index in [1.165, 1.54) is 4.90 Å². The van der Waals surface area contributed by atoms with Crippen molar-refractivity contribution in [2.75, 3.05) is 6.54 Å². The van der Waals surface area contributed by atoms with E-state index in [-0.39, 0.29) is 12.0 Å². The molecule has 0 aromatic rings. The molecule has 18 heavy (non-hydrogen) atoms. The molecule has 0 N–H and O–H groups in total.